The van der Waals surface area contributed by atoms with Crippen LogP contribution in [0.5, 0.6) is 0 Å². The molecule has 0 amide bonds. The van der Waals surface area contributed by atoms with Crippen molar-refractivity contribution in [2.45, 2.75) is 25.9 Å². The van der Waals surface area contributed by atoms with E-state index in [1.165, 1.54) is 6.07 Å². The van der Waals surface area contributed by atoms with Crippen molar-refractivity contribution in [3.63, 3.8) is 0 Å². The Morgan fingerprint density at radius 1 is 1.19 bits per heavy atom. The molecular weight excluding hydrogens is 294 g/mol. The van der Waals surface area contributed by atoms with Crippen LogP contribution in [0.3, 0.4) is 0 Å². The first-order valence-corrected chi connectivity index (χ1v) is 7.09. The fraction of sp³-hybridized carbons (Fsp3) is 0.286. The van der Waals surface area contributed by atoms with E-state index < -0.39 is 11.6 Å². The van der Waals surface area contributed by atoms with Gasteiger partial charge in [-0.15, -0.1) is 0 Å². The summed E-state index contributed by atoms with van der Waals surface area (Å²) in [5, 5.41) is 0. The number of aryl methyl sites for hydroxylation is 2. The zero-order valence-corrected chi connectivity index (χ0v) is 12.0. The molecule has 1 N–H and O–H groups in total. The van der Waals surface area contributed by atoms with E-state index in [2.05, 4.69) is 9.97 Å². The van der Waals surface area contributed by atoms with Gasteiger partial charge in [0.25, 0.3) is 0 Å². The minimum absolute atomic E-state index is 0.260. The molecule has 0 radical (unpaired) electrons. The van der Waals surface area contributed by atoms with E-state index in [-0.39, 0.29) is 5.52 Å². The molecule has 2 aromatic heterocycles. The fourth-order valence-electron chi connectivity index (χ4n) is 2.39. The van der Waals surface area contributed by atoms with Crippen molar-refractivity contribution in [1.82, 2.24) is 19.1 Å². The van der Waals surface area contributed by atoms with Gasteiger partial charge in [-0.3, -0.25) is 0 Å². The SMILES string of the molecule is Fc1cc(F)c2[nH]c(=S)n(CCCCn3ccnc3)c2c1. The van der Waals surface area contributed by atoms with Gasteiger partial charge in [-0.05, 0) is 31.1 Å². The molecule has 0 saturated heterocycles. The molecule has 0 bridgehead atoms. The summed E-state index contributed by atoms with van der Waals surface area (Å²) in [6.45, 7) is 1.48. The van der Waals surface area contributed by atoms with Crippen LogP contribution < -0.4 is 0 Å². The number of halogens is 2. The molecule has 0 saturated carbocycles. The first-order chi connectivity index (χ1) is 10.1. The molecule has 0 aliphatic heterocycles. The fourth-order valence-corrected chi connectivity index (χ4v) is 2.68. The maximum Gasteiger partial charge on any atom is 0.178 e. The monoisotopic (exact) mass is 308 g/mol. The lowest BCUT2D eigenvalue weighted by molar-refractivity contribution is 0.555. The van der Waals surface area contributed by atoms with Crippen LogP contribution in [0.25, 0.3) is 11.0 Å². The predicted molar refractivity (Wildman–Crippen MR) is 78.5 cm³/mol. The average molecular weight is 308 g/mol. The Bertz CT molecular complexity index is 804. The van der Waals surface area contributed by atoms with Gasteiger partial charge in [0.1, 0.15) is 11.3 Å². The van der Waals surface area contributed by atoms with Crippen LogP contribution in [0.2, 0.25) is 0 Å². The molecule has 0 fully saturated rings. The van der Waals surface area contributed by atoms with Crippen LogP contribution in [0.1, 0.15) is 12.8 Å². The van der Waals surface area contributed by atoms with Gasteiger partial charge in [0.2, 0.25) is 0 Å². The van der Waals surface area contributed by atoms with Gasteiger partial charge in [-0.2, -0.15) is 0 Å². The Balaban J connectivity index is 1.74. The Kier molecular flexibility index (Phi) is 3.83. The van der Waals surface area contributed by atoms with Gasteiger partial charge < -0.3 is 14.1 Å². The Labute approximate surface area is 125 Å². The van der Waals surface area contributed by atoms with E-state index in [4.69, 9.17) is 12.2 Å². The highest BCUT2D eigenvalue weighted by Gasteiger charge is 2.10. The van der Waals surface area contributed by atoms with Crippen LogP contribution in [-0.4, -0.2) is 19.1 Å². The van der Waals surface area contributed by atoms with Crippen molar-refractivity contribution < 1.29 is 8.78 Å². The maximum absolute atomic E-state index is 13.7. The average Bonchev–Trinajstić information content (AvgIpc) is 3.04. The molecule has 3 aromatic rings. The number of aromatic amines is 1. The molecule has 21 heavy (non-hydrogen) atoms. The van der Waals surface area contributed by atoms with Crippen molar-refractivity contribution in [3.05, 3.63) is 47.3 Å². The second kappa shape index (κ2) is 5.77. The number of hydrogen-bond donors (Lipinski definition) is 1. The highest BCUT2D eigenvalue weighted by molar-refractivity contribution is 7.71. The first-order valence-electron chi connectivity index (χ1n) is 6.68. The maximum atomic E-state index is 13.7. The summed E-state index contributed by atoms with van der Waals surface area (Å²) in [5.74, 6) is -1.21. The number of benzene rings is 1. The summed E-state index contributed by atoms with van der Waals surface area (Å²) in [6, 6.07) is 2.16. The molecule has 0 atom stereocenters. The molecule has 0 unspecified atom stereocenters. The van der Waals surface area contributed by atoms with E-state index in [0.29, 0.717) is 16.8 Å². The summed E-state index contributed by atoms with van der Waals surface area (Å²) in [4.78, 5) is 6.78. The molecule has 3 rings (SSSR count). The van der Waals surface area contributed by atoms with Gasteiger partial charge in [-0.1, -0.05) is 0 Å². The van der Waals surface area contributed by atoms with Crippen LogP contribution in [0.15, 0.2) is 30.9 Å². The third-order valence-electron chi connectivity index (χ3n) is 3.41. The van der Waals surface area contributed by atoms with Crippen molar-refractivity contribution in [1.29, 1.82) is 0 Å². The van der Waals surface area contributed by atoms with Gasteiger partial charge >= 0.3 is 0 Å². The molecule has 110 valence electrons. The summed E-state index contributed by atoms with van der Waals surface area (Å²) in [5.41, 5.74) is 0.733. The number of imidazole rings is 2. The summed E-state index contributed by atoms with van der Waals surface area (Å²) >= 11 is 5.19. The molecule has 2 heterocycles. The smallest absolute Gasteiger partial charge is 0.178 e. The number of H-pyrrole nitrogens is 1. The molecule has 0 aliphatic carbocycles. The summed E-state index contributed by atoms with van der Waals surface area (Å²) in [7, 11) is 0. The predicted octanol–water partition coefficient (Wildman–Crippen LogP) is 3.65. The van der Waals surface area contributed by atoms with Crippen molar-refractivity contribution in [2.24, 2.45) is 0 Å². The lowest BCUT2D eigenvalue weighted by Gasteiger charge is -2.05. The standard InChI is InChI=1S/C14H14F2N4S/c15-10-7-11(16)13-12(8-10)20(14(21)18-13)5-2-1-4-19-6-3-17-9-19/h3,6-9H,1-2,4-5H2,(H,18,21). The molecule has 4 nitrogen and oxygen atoms in total. The molecule has 1 aromatic carbocycles. The topological polar surface area (TPSA) is 38.5 Å². The van der Waals surface area contributed by atoms with Crippen LogP contribution in [0.4, 0.5) is 8.78 Å². The molecule has 0 spiro atoms. The zero-order valence-electron chi connectivity index (χ0n) is 11.2. The number of rotatable bonds is 5. The minimum atomic E-state index is -0.617. The van der Waals surface area contributed by atoms with Gasteiger partial charge in [0.15, 0.2) is 10.6 Å². The second-order valence-corrected chi connectivity index (χ2v) is 5.26. The number of nitrogens with zero attached hydrogens (tertiary/aromatic N) is 3. The lowest BCUT2D eigenvalue weighted by Crippen LogP contribution is -2.01. The van der Waals surface area contributed by atoms with E-state index in [1.54, 1.807) is 17.1 Å². The largest absolute Gasteiger partial charge is 0.337 e. The van der Waals surface area contributed by atoms with Crippen LogP contribution in [0, 0.1) is 16.4 Å². The van der Waals surface area contributed by atoms with Gasteiger partial charge in [0, 0.05) is 31.5 Å². The number of hydrogen-bond acceptors (Lipinski definition) is 2. The highest BCUT2D eigenvalue weighted by Crippen LogP contribution is 2.20. The van der Waals surface area contributed by atoms with Gasteiger partial charge in [0.05, 0.1) is 11.8 Å². The zero-order chi connectivity index (χ0) is 14.8. The first kappa shape index (κ1) is 13.9. The Hall–Kier alpha value is -2.02. The van der Waals surface area contributed by atoms with E-state index >= 15 is 0 Å². The Morgan fingerprint density at radius 2 is 2.00 bits per heavy atom. The van der Waals surface area contributed by atoms with E-state index in [1.807, 2.05) is 10.8 Å². The third kappa shape index (κ3) is 2.87. The number of nitrogens with one attached hydrogen (secondary N) is 1. The third-order valence-corrected chi connectivity index (χ3v) is 3.73. The quantitative estimate of drug-likeness (QED) is 0.577. The summed E-state index contributed by atoms with van der Waals surface area (Å²) < 4.78 is 31.2. The number of unbranched alkanes of at least 4 members (excludes halogenated alkanes) is 1. The second-order valence-electron chi connectivity index (χ2n) is 4.87. The Morgan fingerprint density at radius 3 is 2.76 bits per heavy atom. The number of aromatic nitrogens is 4. The summed E-state index contributed by atoms with van der Waals surface area (Å²) in [6.07, 6.45) is 7.20. The van der Waals surface area contributed by atoms with Crippen molar-refractivity contribution >= 4 is 23.3 Å². The van der Waals surface area contributed by atoms with Crippen molar-refractivity contribution in [3.8, 4) is 0 Å². The normalized spacial score (nSPS) is 11.3. The molecule has 7 heteroatoms. The van der Waals surface area contributed by atoms with Crippen molar-refractivity contribution in [2.75, 3.05) is 0 Å². The van der Waals surface area contributed by atoms with Crippen LogP contribution >= 0.6 is 12.2 Å². The lowest BCUT2D eigenvalue weighted by atomic mass is 10.2. The minimum Gasteiger partial charge on any atom is -0.337 e. The number of fused-ring (bicyclic) bond motifs is 1. The van der Waals surface area contributed by atoms with Crippen LogP contribution in [-0.2, 0) is 13.1 Å². The molecule has 0 aliphatic rings. The highest BCUT2D eigenvalue weighted by atomic mass is 32.1. The van der Waals surface area contributed by atoms with Gasteiger partial charge in [-0.25, -0.2) is 13.8 Å². The van der Waals surface area contributed by atoms with E-state index in [9.17, 15) is 8.78 Å². The van der Waals surface area contributed by atoms with E-state index in [0.717, 1.165) is 25.5 Å². The molecular formula is C14H14F2N4S.